The summed E-state index contributed by atoms with van der Waals surface area (Å²) in [6.45, 7) is 5.55. The van der Waals surface area contributed by atoms with E-state index in [1.165, 1.54) is 32.1 Å². The summed E-state index contributed by atoms with van der Waals surface area (Å²) >= 11 is 0. The molecule has 1 N–H and O–H groups in total. The first-order valence-corrected chi connectivity index (χ1v) is 11.6. The normalized spacial score (nSPS) is 21.3. The highest BCUT2D eigenvalue weighted by Gasteiger charge is 2.27. The van der Waals surface area contributed by atoms with Crippen LogP contribution in [-0.4, -0.2) is 68.6 Å². The Hall–Kier alpha value is -0.660. The van der Waals surface area contributed by atoms with Gasteiger partial charge in [0.25, 0.3) is 0 Å². The van der Waals surface area contributed by atoms with E-state index in [2.05, 4.69) is 17.1 Å². The maximum Gasteiger partial charge on any atom is 0.234 e. The van der Waals surface area contributed by atoms with Crippen molar-refractivity contribution >= 4 is 15.9 Å². The highest BCUT2D eigenvalue weighted by molar-refractivity contribution is 7.89. The molecule has 0 unspecified atom stereocenters. The molecule has 2 rings (SSSR count). The van der Waals surface area contributed by atoms with Gasteiger partial charge in [-0.25, -0.2) is 8.42 Å². The molecule has 0 atom stereocenters. The Balaban J connectivity index is 1.64. The van der Waals surface area contributed by atoms with Gasteiger partial charge in [-0.05, 0) is 25.2 Å². The predicted molar refractivity (Wildman–Crippen MR) is 101 cm³/mol. The van der Waals surface area contributed by atoms with Crippen LogP contribution in [0, 0.1) is 5.92 Å². The molecule has 6 nitrogen and oxygen atoms in total. The van der Waals surface area contributed by atoms with Crippen molar-refractivity contribution in [3.05, 3.63) is 0 Å². The summed E-state index contributed by atoms with van der Waals surface area (Å²) < 4.78 is 26.2. The SMILES string of the molecule is CCCCCS(=O)(=O)N1CCN(CC(=O)NCC2CCCCC2)CC1. The van der Waals surface area contributed by atoms with Crippen LogP contribution in [0.4, 0.5) is 0 Å². The van der Waals surface area contributed by atoms with E-state index in [-0.39, 0.29) is 11.7 Å². The van der Waals surface area contributed by atoms with Crippen molar-refractivity contribution in [3.63, 3.8) is 0 Å². The van der Waals surface area contributed by atoms with Crippen molar-refractivity contribution in [2.24, 2.45) is 5.92 Å². The molecule has 1 amide bonds. The van der Waals surface area contributed by atoms with Crippen molar-refractivity contribution in [2.75, 3.05) is 45.0 Å². The minimum atomic E-state index is -3.13. The maximum absolute atomic E-state index is 12.3. The van der Waals surface area contributed by atoms with E-state index < -0.39 is 10.0 Å². The van der Waals surface area contributed by atoms with Gasteiger partial charge >= 0.3 is 0 Å². The number of rotatable bonds is 9. The van der Waals surface area contributed by atoms with E-state index in [0.717, 1.165) is 25.8 Å². The molecule has 0 aromatic rings. The average Bonchev–Trinajstić information content (AvgIpc) is 2.61. The Labute approximate surface area is 153 Å². The standard InChI is InChI=1S/C18H35N3O3S/c1-2-3-7-14-25(23,24)21-12-10-20(11-13-21)16-18(22)19-15-17-8-5-4-6-9-17/h17H,2-16H2,1H3,(H,19,22). The first-order chi connectivity index (χ1) is 12.0. The lowest BCUT2D eigenvalue weighted by molar-refractivity contribution is -0.122. The van der Waals surface area contributed by atoms with Crippen LogP contribution in [0.5, 0.6) is 0 Å². The first-order valence-electron chi connectivity index (χ1n) is 9.98. The Morgan fingerprint density at radius 1 is 1.04 bits per heavy atom. The summed E-state index contributed by atoms with van der Waals surface area (Å²) in [6, 6.07) is 0. The van der Waals surface area contributed by atoms with E-state index in [1.807, 2.05) is 0 Å². The van der Waals surface area contributed by atoms with E-state index in [0.29, 0.717) is 38.6 Å². The molecule has 25 heavy (non-hydrogen) atoms. The fourth-order valence-electron chi connectivity index (χ4n) is 3.74. The Morgan fingerprint density at radius 2 is 1.72 bits per heavy atom. The molecule has 1 aliphatic heterocycles. The quantitative estimate of drug-likeness (QED) is 0.626. The molecular formula is C18H35N3O3S. The van der Waals surface area contributed by atoms with Crippen molar-refractivity contribution in [2.45, 2.75) is 58.3 Å². The van der Waals surface area contributed by atoms with E-state index >= 15 is 0 Å². The van der Waals surface area contributed by atoms with Gasteiger partial charge in [-0.15, -0.1) is 0 Å². The van der Waals surface area contributed by atoms with Crippen LogP contribution in [0.25, 0.3) is 0 Å². The zero-order chi connectivity index (χ0) is 18.1. The number of amides is 1. The van der Waals surface area contributed by atoms with Crippen molar-refractivity contribution < 1.29 is 13.2 Å². The zero-order valence-electron chi connectivity index (χ0n) is 15.7. The van der Waals surface area contributed by atoms with Gasteiger partial charge in [0, 0.05) is 32.7 Å². The molecule has 1 saturated heterocycles. The topological polar surface area (TPSA) is 69.7 Å². The minimum Gasteiger partial charge on any atom is -0.355 e. The van der Waals surface area contributed by atoms with Gasteiger partial charge in [0.2, 0.25) is 15.9 Å². The van der Waals surface area contributed by atoms with Crippen molar-refractivity contribution in [3.8, 4) is 0 Å². The predicted octanol–water partition coefficient (Wildman–Crippen LogP) is 1.82. The fourth-order valence-corrected chi connectivity index (χ4v) is 5.28. The van der Waals surface area contributed by atoms with Crippen LogP contribution in [0.2, 0.25) is 0 Å². The molecule has 7 heteroatoms. The van der Waals surface area contributed by atoms with Gasteiger partial charge in [-0.1, -0.05) is 39.0 Å². The molecule has 0 aromatic heterocycles. The number of nitrogens with one attached hydrogen (secondary N) is 1. The number of hydrogen-bond donors (Lipinski definition) is 1. The van der Waals surface area contributed by atoms with Crippen LogP contribution in [0.3, 0.4) is 0 Å². The molecule has 0 aromatic carbocycles. The minimum absolute atomic E-state index is 0.0739. The number of hydrogen-bond acceptors (Lipinski definition) is 4. The zero-order valence-corrected chi connectivity index (χ0v) is 16.5. The van der Waals surface area contributed by atoms with Crippen LogP contribution >= 0.6 is 0 Å². The first kappa shape index (κ1) is 20.6. The lowest BCUT2D eigenvalue weighted by Gasteiger charge is -2.33. The average molecular weight is 374 g/mol. The Kier molecular flexibility index (Phi) is 8.66. The summed E-state index contributed by atoms with van der Waals surface area (Å²) in [6.07, 6.45) is 9.09. The largest absolute Gasteiger partial charge is 0.355 e. The molecule has 1 saturated carbocycles. The molecular weight excluding hydrogens is 338 g/mol. The Bertz CT molecular complexity index is 496. The summed E-state index contributed by atoms with van der Waals surface area (Å²) in [4.78, 5) is 14.2. The van der Waals surface area contributed by atoms with Crippen LogP contribution in [0.15, 0.2) is 0 Å². The number of carbonyl (C=O) groups excluding carboxylic acids is 1. The third kappa shape index (κ3) is 7.23. The molecule has 0 bridgehead atoms. The second-order valence-corrected chi connectivity index (χ2v) is 9.59. The van der Waals surface area contributed by atoms with E-state index in [9.17, 15) is 13.2 Å². The maximum atomic E-state index is 12.3. The number of piperazine rings is 1. The summed E-state index contributed by atoms with van der Waals surface area (Å²) in [7, 11) is -3.13. The van der Waals surface area contributed by atoms with Gasteiger partial charge in [0.15, 0.2) is 0 Å². The van der Waals surface area contributed by atoms with Gasteiger partial charge < -0.3 is 5.32 Å². The lowest BCUT2D eigenvalue weighted by Crippen LogP contribution is -2.51. The van der Waals surface area contributed by atoms with Gasteiger partial charge in [0.1, 0.15) is 0 Å². The van der Waals surface area contributed by atoms with Crippen LogP contribution in [-0.2, 0) is 14.8 Å². The van der Waals surface area contributed by atoms with Crippen molar-refractivity contribution in [1.29, 1.82) is 0 Å². The second-order valence-electron chi connectivity index (χ2n) is 7.51. The van der Waals surface area contributed by atoms with Crippen LogP contribution < -0.4 is 5.32 Å². The molecule has 1 heterocycles. The molecule has 0 radical (unpaired) electrons. The number of sulfonamides is 1. The van der Waals surface area contributed by atoms with E-state index in [4.69, 9.17) is 0 Å². The second kappa shape index (κ2) is 10.5. The van der Waals surface area contributed by atoms with Gasteiger partial charge in [0.05, 0.1) is 12.3 Å². The van der Waals surface area contributed by atoms with E-state index in [1.54, 1.807) is 4.31 Å². The highest BCUT2D eigenvalue weighted by atomic mass is 32.2. The summed E-state index contributed by atoms with van der Waals surface area (Å²) in [5.74, 6) is 0.968. The third-order valence-corrected chi connectivity index (χ3v) is 7.37. The van der Waals surface area contributed by atoms with Gasteiger partial charge in [-0.3, -0.25) is 9.69 Å². The molecule has 146 valence electrons. The molecule has 0 spiro atoms. The lowest BCUT2D eigenvalue weighted by atomic mass is 9.89. The van der Waals surface area contributed by atoms with Gasteiger partial charge in [-0.2, -0.15) is 4.31 Å². The Morgan fingerprint density at radius 3 is 2.36 bits per heavy atom. The molecule has 1 aliphatic carbocycles. The molecule has 2 fully saturated rings. The molecule has 2 aliphatic rings. The third-order valence-electron chi connectivity index (χ3n) is 5.41. The monoisotopic (exact) mass is 373 g/mol. The number of nitrogens with zero attached hydrogens (tertiary/aromatic N) is 2. The summed E-state index contributed by atoms with van der Waals surface area (Å²) in [5.41, 5.74) is 0. The van der Waals surface area contributed by atoms with Crippen LogP contribution in [0.1, 0.15) is 58.3 Å². The number of carbonyl (C=O) groups is 1. The fraction of sp³-hybridized carbons (Fsp3) is 0.944. The highest BCUT2D eigenvalue weighted by Crippen LogP contribution is 2.22. The number of unbranched alkanes of at least 4 members (excludes halogenated alkanes) is 2. The summed E-state index contributed by atoms with van der Waals surface area (Å²) in [5, 5.41) is 3.06. The smallest absolute Gasteiger partial charge is 0.234 e. The van der Waals surface area contributed by atoms with Crippen molar-refractivity contribution in [1.82, 2.24) is 14.5 Å².